The van der Waals surface area contributed by atoms with Crippen LogP contribution in [-0.2, 0) is 0 Å². The van der Waals surface area contributed by atoms with Gasteiger partial charge < -0.3 is 10.2 Å². The van der Waals surface area contributed by atoms with Gasteiger partial charge in [-0.15, -0.1) is 0 Å². The van der Waals surface area contributed by atoms with E-state index in [2.05, 4.69) is 17.8 Å². The van der Waals surface area contributed by atoms with E-state index in [1.165, 1.54) is 0 Å². The lowest BCUT2D eigenvalue weighted by Crippen LogP contribution is -1.80. The van der Waals surface area contributed by atoms with Gasteiger partial charge in [-0.05, 0) is 18.8 Å². The Balaban J connectivity index is 3.17. The first-order valence-corrected chi connectivity index (χ1v) is 3.14. The summed E-state index contributed by atoms with van der Waals surface area (Å²) in [7, 11) is 0. The molecule has 0 aliphatic rings. The summed E-state index contributed by atoms with van der Waals surface area (Å²) in [6.07, 6.45) is 4.08. The lowest BCUT2D eigenvalue weighted by Gasteiger charge is -1.86. The van der Waals surface area contributed by atoms with Gasteiger partial charge >= 0.3 is 0 Å². The number of hydrogen-bond acceptors (Lipinski definition) is 2. The summed E-state index contributed by atoms with van der Waals surface area (Å²) in [6, 6.07) is 0. The molecule has 0 heterocycles. The van der Waals surface area contributed by atoms with Gasteiger partial charge in [-0.3, -0.25) is 0 Å². The lowest BCUT2D eigenvalue weighted by atomic mass is 10.2. The van der Waals surface area contributed by atoms with Crippen molar-refractivity contribution < 1.29 is 10.2 Å². The van der Waals surface area contributed by atoms with Crippen LogP contribution < -0.4 is 0 Å². The van der Waals surface area contributed by atoms with Crippen LogP contribution in [0, 0.1) is 23.9 Å². The molecule has 0 atom stereocenters. The molecule has 0 aliphatic heterocycles. The summed E-state index contributed by atoms with van der Waals surface area (Å²) in [5.41, 5.74) is 0. The second kappa shape index (κ2) is 7.88. The topological polar surface area (TPSA) is 40.5 Å². The Kier molecular flexibility index (Phi) is 7.00. The fourth-order valence-corrected chi connectivity index (χ4v) is 0.460. The van der Waals surface area contributed by atoms with Crippen molar-refractivity contribution >= 4 is 0 Å². The van der Waals surface area contributed by atoms with E-state index in [-0.39, 0.29) is 6.61 Å². The van der Waals surface area contributed by atoms with Crippen molar-refractivity contribution in [3.63, 3.8) is 0 Å². The van der Waals surface area contributed by atoms with Crippen LogP contribution in [0.5, 0.6) is 0 Å². The first-order valence-electron chi connectivity index (χ1n) is 3.14. The highest BCUT2D eigenvalue weighted by Gasteiger charge is 1.79. The molecule has 0 amide bonds. The molecule has 0 unspecified atom stereocenters. The number of aliphatic hydroxyl groups excluding tert-OH is 2. The third-order valence-corrected chi connectivity index (χ3v) is 0.917. The quantitative estimate of drug-likeness (QED) is 0.440. The predicted octanol–water partition coefficient (Wildman–Crippen LogP) is 0.486. The van der Waals surface area contributed by atoms with Gasteiger partial charge in [0.25, 0.3) is 0 Å². The molecule has 2 nitrogen and oxygen atoms in total. The zero-order valence-corrected chi connectivity index (χ0v) is 5.72. The average molecular weight is 138 g/mol. The van der Waals surface area contributed by atoms with E-state index >= 15 is 0 Å². The summed E-state index contributed by atoms with van der Waals surface area (Å²) in [4.78, 5) is 0. The van der Waals surface area contributed by atoms with Crippen LogP contribution in [-0.4, -0.2) is 16.8 Å². The third-order valence-electron chi connectivity index (χ3n) is 0.917. The Hall–Kier alpha value is -1.12. The molecule has 0 rings (SSSR count). The summed E-state index contributed by atoms with van der Waals surface area (Å²) in [6.45, 7) is 0.216. The van der Waals surface area contributed by atoms with E-state index < -0.39 is 0 Å². The van der Waals surface area contributed by atoms with E-state index in [1.54, 1.807) is 6.11 Å². The van der Waals surface area contributed by atoms with Crippen molar-refractivity contribution in [2.75, 3.05) is 6.61 Å². The smallest absolute Gasteiger partial charge is 0.122 e. The zero-order chi connectivity index (χ0) is 7.66. The number of unbranched alkanes of at least 4 members (excludes halogenated alkanes) is 2. The normalized spacial score (nSPS) is 6.90. The van der Waals surface area contributed by atoms with Gasteiger partial charge in [-0.1, -0.05) is 5.92 Å². The second-order valence-electron chi connectivity index (χ2n) is 1.72. The third kappa shape index (κ3) is 6.88. The molecule has 10 heavy (non-hydrogen) atoms. The van der Waals surface area contributed by atoms with E-state index in [9.17, 15) is 0 Å². The summed E-state index contributed by atoms with van der Waals surface area (Å²) in [5, 5.41) is 16.3. The molecular weight excluding hydrogens is 128 g/mol. The van der Waals surface area contributed by atoms with Crippen LogP contribution in [0.2, 0.25) is 0 Å². The molecule has 0 spiro atoms. The van der Waals surface area contributed by atoms with Crippen LogP contribution in [0.1, 0.15) is 19.3 Å². The molecular formula is C8H10O2. The molecule has 0 radical (unpaired) electrons. The molecule has 0 aromatic heterocycles. The monoisotopic (exact) mass is 138 g/mol. The minimum absolute atomic E-state index is 0.216. The summed E-state index contributed by atoms with van der Waals surface area (Å²) < 4.78 is 0. The lowest BCUT2D eigenvalue weighted by molar-refractivity contribution is 0.285. The van der Waals surface area contributed by atoms with Crippen LogP contribution in [0.25, 0.3) is 0 Å². The van der Waals surface area contributed by atoms with Gasteiger partial charge in [0.1, 0.15) is 6.11 Å². The highest BCUT2D eigenvalue weighted by Crippen LogP contribution is 1.90. The van der Waals surface area contributed by atoms with Crippen LogP contribution >= 0.6 is 0 Å². The molecule has 0 aromatic rings. The fraction of sp³-hybridized carbons (Fsp3) is 0.500. The molecule has 0 saturated carbocycles. The zero-order valence-electron chi connectivity index (χ0n) is 5.72. The van der Waals surface area contributed by atoms with Crippen LogP contribution in [0.15, 0.2) is 0 Å². The molecule has 0 bridgehead atoms. The predicted molar refractivity (Wildman–Crippen MR) is 38.4 cm³/mol. The molecule has 0 aliphatic carbocycles. The van der Waals surface area contributed by atoms with E-state index in [4.69, 9.17) is 10.2 Å². The Bertz CT molecular complexity index is 175. The molecule has 0 aromatic carbocycles. The minimum Gasteiger partial charge on any atom is -0.461 e. The maximum atomic E-state index is 8.35. The van der Waals surface area contributed by atoms with Crippen molar-refractivity contribution in [1.29, 1.82) is 0 Å². The minimum atomic E-state index is 0.216. The van der Waals surface area contributed by atoms with E-state index in [0.717, 1.165) is 19.3 Å². The number of aliphatic hydroxyl groups is 2. The van der Waals surface area contributed by atoms with Gasteiger partial charge in [-0.25, -0.2) is 0 Å². The van der Waals surface area contributed by atoms with Gasteiger partial charge in [-0.2, -0.15) is 0 Å². The van der Waals surface area contributed by atoms with Crippen LogP contribution in [0.4, 0.5) is 0 Å². The van der Waals surface area contributed by atoms with Crippen molar-refractivity contribution in [1.82, 2.24) is 0 Å². The molecule has 54 valence electrons. The van der Waals surface area contributed by atoms with Crippen molar-refractivity contribution in [3.8, 4) is 23.9 Å². The van der Waals surface area contributed by atoms with Crippen LogP contribution in [0.3, 0.4) is 0 Å². The average Bonchev–Trinajstić information content (AvgIpc) is 1.97. The Morgan fingerprint density at radius 3 is 2.50 bits per heavy atom. The first-order chi connectivity index (χ1) is 4.91. The second-order valence-corrected chi connectivity index (χ2v) is 1.72. The first kappa shape index (κ1) is 8.88. The molecule has 2 heteroatoms. The van der Waals surface area contributed by atoms with Gasteiger partial charge in [0, 0.05) is 18.9 Å². The Morgan fingerprint density at radius 2 is 1.90 bits per heavy atom. The molecule has 2 N–H and O–H groups in total. The fourth-order valence-electron chi connectivity index (χ4n) is 0.460. The summed E-state index contributed by atoms with van der Waals surface area (Å²) >= 11 is 0. The highest BCUT2D eigenvalue weighted by atomic mass is 16.3. The Morgan fingerprint density at radius 1 is 1.10 bits per heavy atom. The van der Waals surface area contributed by atoms with Crippen molar-refractivity contribution in [2.24, 2.45) is 0 Å². The molecule has 0 fully saturated rings. The van der Waals surface area contributed by atoms with Gasteiger partial charge in [0.2, 0.25) is 0 Å². The van der Waals surface area contributed by atoms with Crippen molar-refractivity contribution in [3.05, 3.63) is 0 Å². The van der Waals surface area contributed by atoms with Crippen molar-refractivity contribution in [2.45, 2.75) is 19.3 Å². The van der Waals surface area contributed by atoms with Gasteiger partial charge in [0.05, 0.1) is 0 Å². The number of rotatable bonds is 3. The van der Waals surface area contributed by atoms with Gasteiger partial charge in [0.15, 0.2) is 0 Å². The highest BCUT2D eigenvalue weighted by molar-refractivity contribution is 5.23. The maximum absolute atomic E-state index is 8.35. The summed E-state index contributed by atoms with van der Waals surface area (Å²) in [5.74, 6) is 7.38. The largest absolute Gasteiger partial charge is 0.461 e. The van der Waals surface area contributed by atoms with E-state index in [1.807, 2.05) is 0 Å². The van der Waals surface area contributed by atoms with E-state index in [0.29, 0.717) is 0 Å². The molecule has 0 saturated heterocycles. The standard InChI is InChI=1S/C8H10O2/c9-7-5-3-1-2-4-6-8-10/h9-10H,1,3,5,7H2. The Labute approximate surface area is 60.9 Å². The SMILES string of the molecule is OC#CC#CCCCCO. The maximum Gasteiger partial charge on any atom is 0.122 e. The number of hydrogen-bond donors (Lipinski definition) is 2.